The minimum Gasteiger partial charge on any atom is -0.493 e. The first-order valence-electron chi connectivity index (χ1n) is 48.3. The molecule has 0 heterocycles. The van der Waals surface area contributed by atoms with E-state index in [4.69, 9.17) is 61.6 Å². The second-order valence-electron chi connectivity index (χ2n) is 34.6. The monoisotopic (exact) mass is 2370 g/mol. The molecule has 20 nitrogen and oxygen atoms in total. The summed E-state index contributed by atoms with van der Waals surface area (Å²) in [5.41, 5.74) is 24.2. The highest BCUT2D eigenvalue weighted by Gasteiger charge is 2.29. The average molecular weight is 2380 g/mol. The predicted octanol–water partition coefficient (Wildman–Crippen LogP) is 31.8. The van der Waals surface area contributed by atoms with E-state index in [9.17, 15) is 33.9 Å². The fourth-order valence-electron chi connectivity index (χ4n) is 14.1. The Kier molecular flexibility index (Phi) is 49.4. The molecule has 12 aromatic rings. The van der Waals surface area contributed by atoms with Crippen LogP contribution >= 0.6 is 108 Å². The fourth-order valence-corrected chi connectivity index (χ4v) is 17.9. The van der Waals surface area contributed by atoms with Gasteiger partial charge >= 0.3 is 35.8 Å². The van der Waals surface area contributed by atoms with Gasteiger partial charge in [0.1, 0.15) is 114 Å². The molecule has 0 bridgehead atoms. The lowest BCUT2D eigenvalue weighted by Crippen LogP contribution is -2.10. The third-order valence-electron chi connectivity index (χ3n) is 24.0. The predicted molar refractivity (Wildman–Crippen MR) is 598 cm³/mol. The summed E-state index contributed by atoms with van der Waals surface area (Å²) in [6.45, 7) is 43.5. The standard InChI is InChI=1S/C21H23BrO3.C20H23BrO4.C20H23BrO3.C19H21BrO4.C19H21BrO3S.C19H21BrO3/c1-4-21(23)25-19-7-5-6-16(15-8-9-15)17(19)12-24-20-11-14(3)13(2)10-18(20)22;1-5-20(22)25-18-9-7-8-17(23-6-2)15(18)12-24-19-11-14(4)13(3)10-16(19)21;1-5-15-8-7-9-18(24-20(22)6-2)16(15)12-23-19-11-14(4)13(3)10-17(19)21;1-4-19(22)24-17-7-5-6-14(10-21)15(17)11-23-18-9-13(3)12(2)8-16(18)20;1-4-19(21)23-17-7-5-6-14(11-24)15(17)10-22-18-9-13(3)12(2)8-16(18)20;1-5-19(21)23-17-8-6-7-12(2)15(17)11-22-18-10-14(4)13(3)9-16(18)20/h5-7,10-11,15H,4,8-9,12H2,1-3H3;7-11H,5-6,12H2,1-4H3;7-11H,5-6,12H2,1-4H3;5-9,21H,4,10-11H2,1-3H3;5-9,24H,4,10-11H2,1-3H3;6-10H,5,11H2,1-4H3. The Balaban J connectivity index is 0.000000212. The van der Waals surface area contributed by atoms with Crippen molar-refractivity contribution in [1.29, 1.82) is 0 Å². The normalized spacial score (nSPS) is 11.0. The molecule has 1 aliphatic rings. The van der Waals surface area contributed by atoms with E-state index in [1.54, 1.807) is 84.0 Å². The molecule has 772 valence electrons. The van der Waals surface area contributed by atoms with Crippen LogP contribution in [-0.4, -0.2) is 47.5 Å². The Bertz CT molecular complexity index is 6190. The van der Waals surface area contributed by atoms with Crippen LogP contribution in [-0.2, 0) is 87.2 Å². The zero-order valence-corrected chi connectivity index (χ0v) is 97.0. The lowest BCUT2D eigenvalue weighted by molar-refractivity contribution is -0.135. The summed E-state index contributed by atoms with van der Waals surface area (Å²) in [7, 11) is 0. The molecular weight excluding hydrogens is 2250 g/mol. The molecule has 27 heteroatoms. The van der Waals surface area contributed by atoms with E-state index in [0.29, 0.717) is 134 Å². The van der Waals surface area contributed by atoms with Crippen molar-refractivity contribution in [2.45, 2.75) is 261 Å². The Hall–Kier alpha value is -10.8. The summed E-state index contributed by atoms with van der Waals surface area (Å²) in [6.07, 6.45) is 5.19. The van der Waals surface area contributed by atoms with Crippen molar-refractivity contribution in [1.82, 2.24) is 0 Å². The second-order valence-corrected chi connectivity index (χ2v) is 40.0. The van der Waals surface area contributed by atoms with E-state index in [-0.39, 0.29) is 62.1 Å². The highest BCUT2D eigenvalue weighted by molar-refractivity contribution is 9.11. The quantitative estimate of drug-likeness (QED) is 0.0211. The molecule has 1 N–H and O–H groups in total. The molecule has 12 aromatic carbocycles. The smallest absolute Gasteiger partial charge is 0.310 e. The SMILES string of the molecule is CCC(=O)Oc1cccc(C)c1COc1cc(C)c(C)cc1Br.CCC(=O)Oc1cccc(C2CC2)c1COc1cc(C)c(C)cc1Br.CCC(=O)Oc1cccc(CC)c1COc1cc(C)c(C)cc1Br.CCC(=O)Oc1cccc(CO)c1COc1cc(C)c(C)cc1Br.CCC(=O)Oc1cccc(CS)c1COc1cc(C)c(C)cc1Br.CCOc1cccc(OC(=O)CC)c1COc1cc(C)c(C)cc1Br. The van der Waals surface area contributed by atoms with Crippen LogP contribution in [0.2, 0.25) is 0 Å². The third kappa shape index (κ3) is 36.4. The van der Waals surface area contributed by atoms with Crippen molar-refractivity contribution in [3.63, 3.8) is 0 Å². The second kappa shape index (κ2) is 59.9. The maximum Gasteiger partial charge on any atom is 0.310 e. The van der Waals surface area contributed by atoms with E-state index >= 15 is 0 Å². The van der Waals surface area contributed by atoms with Crippen LogP contribution < -0.4 is 61.6 Å². The number of thiol groups is 1. The summed E-state index contributed by atoms with van der Waals surface area (Å²) in [4.78, 5) is 70.0. The van der Waals surface area contributed by atoms with Crippen molar-refractivity contribution in [3.8, 4) is 74.7 Å². The molecule has 0 spiro atoms. The average Bonchev–Trinajstić information content (AvgIpc) is 1.66. The number of aliphatic hydroxyl groups is 1. The van der Waals surface area contributed by atoms with Gasteiger partial charge in [-0.25, -0.2) is 0 Å². The summed E-state index contributed by atoms with van der Waals surface area (Å²) in [5.74, 6) is 7.97. The van der Waals surface area contributed by atoms with Crippen molar-refractivity contribution in [2.24, 2.45) is 0 Å². The maximum atomic E-state index is 11.8. The van der Waals surface area contributed by atoms with Gasteiger partial charge in [0.25, 0.3) is 0 Å². The van der Waals surface area contributed by atoms with Gasteiger partial charge in [-0.1, -0.05) is 115 Å². The van der Waals surface area contributed by atoms with Gasteiger partial charge in [-0.2, -0.15) is 12.6 Å². The van der Waals surface area contributed by atoms with Crippen LogP contribution in [0.1, 0.15) is 241 Å². The van der Waals surface area contributed by atoms with Crippen LogP contribution in [0.15, 0.2) is 209 Å². The minimum atomic E-state index is -0.321. The van der Waals surface area contributed by atoms with Crippen LogP contribution in [0.5, 0.6) is 74.7 Å². The van der Waals surface area contributed by atoms with E-state index in [0.717, 1.165) is 123 Å². The first-order valence-corrected chi connectivity index (χ1v) is 53.7. The Morgan fingerprint density at radius 3 is 0.779 bits per heavy atom. The van der Waals surface area contributed by atoms with Gasteiger partial charge in [-0.15, -0.1) is 0 Å². The molecule has 145 heavy (non-hydrogen) atoms. The topological polar surface area (TPSA) is 243 Å². The van der Waals surface area contributed by atoms with Crippen molar-refractivity contribution in [3.05, 3.63) is 337 Å². The largest absolute Gasteiger partial charge is 0.493 e. The number of halogens is 6. The molecule has 0 amide bonds. The van der Waals surface area contributed by atoms with E-state index in [1.807, 2.05) is 163 Å². The molecule has 0 aliphatic heterocycles. The lowest BCUT2D eigenvalue weighted by Gasteiger charge is -2.16. The molecule has 1 fully saturated rings. The van der Waals surface area contributed by atoms with E-state index in [2.05, 4.69) is 189 Å². The summed E-state index contributed by atoms with van der Waals surface area (Å²) < 4.78 is 79.7. The number of aryl methyl sites for hydroxylation is 14. The Morgan fingerprint density at radius 2 is 0.490 bits per heavy atom. The van der Waals surface area contributed by atoms with Gasteiger partial charge in [0.2, 0.25) is 0 Å². The van der Waals surface area contributed by atoms with E-state index in [1.165, 1.54) is 68.5 Å². The number of carbonyl (C=O) groups is 6. The number of esters is 6. The van der Waals surface area contributed by atoms with Gasteiger partial charge in [-0.3, -0.25) is 28.8 Å². The van der Waals surface area contributed by atoms with Crippen molar-refractivity contribution in [2.75, 3.05) is 6.61 Å². The van der Waals surface area contributed by atoms with Crippen LogP contribution in [0.4, 0.5) is 0 Å². The number of aliphatic hydroxyl groups excluding tert-OH is 1. The van der Waals surface area contributed by atoms with Gasteiger partial charge in [0.05, 0.1) is 45.6 Å². The Labute approximate surface area is 910 Å². The maximum absolute atomic E-state index is 11.8. The highest BCUT2D eigenvalue weighted by Crippen LogP contribution is 2.46. The number of ether oxygens (including phenoxy) is 13. The van der Waals surface area contributed by atoms with E-state index < -0.39 is 0 Å². The fraction of sp³-hybridized carbons (Fsp3) is 0.339. The van der Waals surface area contributed by atoms with Gasteiger partial charge in [0, 0.05) is 72.1 Å². The molecule has 0 saturated heterocycles. The number of hydrogen-bond donors (Lipinski definition) is 2. The molecular formula is C118H132Br6O20S. The number of hydrogen-bond acceptors (Lipinski definition) is 21. The number of carbonyl (C=O) groups excluding carboxylic acids is 6. The third-order valence-corrected chi connectivity index (χ3v) is 28.0. The molecule has 0 atom stereocenters. The number of rotatable bonds is 36. The zero-order chi connectivity index (χ0) is 106. The van der Waals surface area contributed by atoms with Crippen molar-refractivity contribution >= 4 is 144 Å². The van der Waals surface area contributed by atoms with Gasteiger partial charge in [-0.05, 0) is 428 Å². The van der Waals surface area contributed by atoms with Crippen molar-refractivity contribution < 1.29 is 95.5 Å². The molecule has 1 aliphatic carbocycles. The highest BCUT2D eigenvalue weighted by atomic mass is 79.9. The first-order chi connectivity index (χ1) is 69.2. The van der Waals surface area contributed by atoms with Crippen LogP contribution in [0.3, 0.4) is 0 Å². The van der Waals surface area contributed by atoms with Gasteiger partial charge < -0.3 is 66.7 Å². The molecule has 0 unspecified atom stereocenters. The Morgan fingerprint density at radius 1 is 0.262 bits per heavy atom. The van der Waals surface area contributed by atoms with Gasteiger partial charge in [0.15, 0.2) is 0 Å². The summed E-state index contributed by atoms with van der Waals surface area (Å²) in [5, 5.41) is 9.56. The molecule has 13 rings (SSSR count). The zero-order valence-electron chi connectivity index (χ0n) is 86.5. The molecule has 1 saturated carbocycles. The van der Waals surface area contributed by atoms with Crippen LogP contribution in [0.25, 0.3) is 0 Å². The summed E-state index contributed by atoms with van der Waals surface area (Å²) in [6, 6.07) is 57.9. The van der Waals surface area contributed by atoms with Crippen LogP contribution in [0, 0.1) is 90.0 Å². The lowest BCUT2D eigenvalue weighted by atomic mass is 10.0. The first kappa shape index (κ1) is 119. The molecule has 0 aromatic heterocycles. The minimum absolute atomic E-state index is 0.149. The molecule has 0 radical (unpaired) electrons. The number of benzene rings is 12. The summed E-state index contributed by atoms with van der Waals surface area (Å²) >= 11 is 25.6.